The van der Waals surface area contributed by atoms with Crippen LogP contribution in [0.15, 0.2) is 48.5 Å². The van der Waals surface area contributed by atoms with Crippen LogP contribution in [0.25, 0.3) is 11.1 Å². The number of rotatable bonds is 12. The van der Waals surface area contributed by atoms with Crippen molar-refractivity contribution < 1.29 is 33.4 Å². The number of benzene rings is 2. The number of carbonyl (C=O) groups excluding carboxylic acids is 5. The number of hydrogen-bond donors (Lipinski definition) is 2. The first-order chi connectivity index (χ1) is 19.3. The Hall–Kier alpha value is -4.01. The number of esters is 2. The molecule has 0 bridgehead atoms. The van der Waals surface area contributed by atoms with Crippen LogP contribution in [0.5, 0.6) is 0 Å². The van der Waals surface area contributed by atoms with Gasteiger partial charge in [0.2, 0.25) is 11.8 Å². The number of nitrogens with one attached hydrogen (secondary N) is 2. The lowest BCUT2D eigenvalue weighted by molar-refractivity contribution is -0.154. The van der Waals surface area contributed by atoms with Crippen LogP contribution >= 0.6 is 0 Å². The van der Waals surface area contributed by atoms with Gasteiger partial charge in [-0.15, -0.1) is 0 Å². The number of amides is 2. The molecule has 2 aromatic rings. The number of fused-ring (bicyclic) bond motifs is 3. The summed E-state index contributed by atoms with van der Waals surface area (Å²) in [4.78, 5) is 62.1. The zero-order valence-electron chi connectivity index (χ0n) is 24.6. The normalized spacial score (nSPS) is 14.6. The Labute approximate surface area is 241 Å². The van der Waals surface area contributed by atoms with Gasteiger partial charge in [0, 0.05) is 24.2 Å². The predicted molar refractivity (Wildman–Crippen MR) is 154 cm³/mol. The van der Waals surface area contributed by atoms with E-state index in [0.29, 0.717) is 0 Å². The Morgan fingerprint density at radius 2 is 1.32 bits per heavy atom. The lowest BCUT2D eigenvalue weighted by atomic mass is 9.98. The summed E-state index contributed by atoms with van der Waals surface area (Å²) in [5, 5.41) is 5.09. The van der Waals surface area contributed by atoms with Crippen LogP contribution in [-0.4, -0.2) is 54.3 Å². The SMILES string of the molecule is C[C@H](CC(=O)[C@@H](C)NC(=O)[C@H](C)CC(=O)OCC1c2ccccc2-c2ccccc21)C(=O)NCC(=O)OC(C)(C)C. The summed E-state index contributed by atoms with van der Waals surface area (Å²) in [5.74, 6) is -3.83. The highest BCUT2D eigenvalue weighted by atomic mass is 16.6. The van der Waals surface area contributed by atoms with Gasteiger partial charge in [-0.1, -0.05) is 62.4 Å². The topological polar surface area (TPSA) is 128 Å². The number of carbonyl (C=O) groups is 5. The second-order valence-corrected chi connectivity index (χ2v) is 11.6. The highest BCUT2D eigenvalue weighted by molar-refractivity contribution is 5.93. The molecule has 3 rings (SSSR count). The predicted octanol–water partition coefficient (Wildman–Crippen LogP) is 3.93. The van der Waals surface area contributed by atoms with Crippen LogP contribution in [0, 0.1) is 11.8 Å². The zero-order valence-corrected chi connectivity index (χ0v) is 24.6. The molecule has 2 N–H and O–H groups in total. The fourth-order valence-corrected chi connectivity index (χ4v) is 4.74. The van der Waals surface area contributed by atoms with E-state index in [1.54, 1.807) is 34.6 Å². The minimum absolute atomic E-state index is 0.0727. The van der Waals surface area contributed by atoms with Crippen molar-refractivity contribution in [3.05, 3.63) is 59.7 Å². The third-order valence-corrected chi connectivity index (χ3v) is 6.92. The van der Waals surface area contributed by atoms with Gasteiger partial charge in [-0.05, 0) is 49.9 Å². The minimum atomic E-state index is -0.853. The van der Waals surface area contributed by atoms with E-state index in [0.717, 1.165) is 22.3 Å². The first-order valence-electron chi connectivity index (χ1n) is 13.9. The number of ether oxygens (including phenoxy) is 2. The Kier molecular flexibility index (Phi) is 10.4. The fraction of sp³-hybridized carbons (Fsp3) is 0.469. The highest BCUT2D eigenvalue weighted by Gasteiger charge is 2.30. The summed E-state index contributed by atoms with van der Waals surface area (Å²) in [5.41, 5.74) is 3.80. The molecule has 0 saturated heterocycles. The van der Waals surface area contributed by atoms with E-state index in [1.165, 1.54) is 6.92 Å². The standard InChI is InChI=1S/C32H40N2O7/c1-19(30(38)33-17-29(37)41-32(4,5)6)15-27(35)21(3)34-31(39)20(2)16-28(36)40-18-26-24-13-9-7-11-22(24)23-12-8-10-14-25(23)26/h7-14,19-21,26H,15-18H2,1-6H3,(H,33,38)(H,34,39)/t19-,20-,21-/m1/s1. The second kappa shape index (κ2) is 13.6. The number of Topliss-reactive ketones (excluding diaryl/α,β-unsaturated/α-hetero) is 1. The molecule has 0 aliphatic heterocycles. The highest BCUT2D eigenvalue weighted by Crippen LogP contribution is 2.44. The Morgan fingerprint density at radius 1 is 0.780 bits per heavy atom. The molecule has 0 spiro atoms. The van der Waals surface area contributed by atoms with E-state index in [2.05, 4.69) is 22.8 Å². The van der Waals surface area contributed by atoms with Crippen LogP contribution in [0.2, 0.25) is 0 Å². The van der Waals surface area contributed by atoms with Gasteiger partial charge >= 0.3 is 11.9 Å². The van der Waals surface area contributed by atoms with Crippen molar-refractivity contribution in [3.63, 3.8) is 0 Å². The van der Waals surface area contributed by atoms with E-state index in [4.69, 9.17) is 9.47 Å². The van der Waals surface area contributed by atoms with Crippen molar-refractivity contribution in [2.24, 2.45) is 11.8 Å². The van der Waals surface area contributed by atoms with E-state index in [-0.39, 0.29) is 37.7 Å². The van der Waals surface area contributed by atoms with Crippen molar-refractivity contribution in [1.82, 2.24) is 10.6 Å². The van der Waals surface area contributed by atoms with E-state index in [1.807, 2.05) is 36.4 Å². The van der Waals surface area contributed by atoms with Gasteiger partial charge < -0.3 is 20.1 Å². The van der Waals surface area contributed by atoms with E-state index >= 15 is 0 Å². The molecule has 0 aromatic heterocycles. The summed E-state index contributed by atoms with van der Waals surface area (Å²) in [6, 6.07) is 15.2. The number of ketones is 1. The molecule has 9 nitrogen and oxygen atoms in total. The molecule has 3 atom stereocenters. The molecule has 0 unspecified atom stereocenters. The molecule has 220 valence electrons. The van der Waals surface area contributed by atoms with Crippen LogP contribution in [-0.2, 0) is 33.4 Å². The summed E-state index contributed by atoms with van der Waals surface area (Å²) in [6.07, 6.45) is -0.255. The van der Waals surface area contributed by atoms with Gasteiger partial charge in [-0.2, -0.15) is 0 Å². The molecule has 9 heteroatoms. The van der Waals surface area contributed by atoms with Crippen molar-refractivity contribution >= 4 is 29.5 Å². The largest absolute Gasteiger partial charge is 0.465 e. The summed E-state index contributed by atoms with van der Waals surface area (Å²) < 4.78 is 10.7. The van der Waals surface area contributed by atoms with Gasteiger partial charge in [0.1, 0.15) is 18.8 Å². The monoisotopic (exact) mass is 564 g/mol. The molecule has 0 radical (unpaired) electrons. The lowest BCUT2D eigenvalue weighted by Gasteiger charge is -2.20. The lowest BCUT2D eigenvalue weighted by Crippen LogP contribution is -2.43. The molecule has 2 amide bonds. The Bertz CT molecular complexity index is 1250. The molecule has 41 heavy (non-hydrogen) atoms. The second-order valence-electron chi connectivity index (χ2n) is 11.6. The van der Waals surface area contributed by atoms with Gasteiger partial charge in [0.15, 0.2) is 5.78 Å². The van der Waals surface area contributed by atoms with E-state index in [9.17, 15) is 24.0 Å². The summed E-state index contributed by atoms with van der Waals surface area (Å²) in [6.45, 7) is 9.74. The smallest absolute Gasteiger partial charge is 0.325 e. The summed E-state index contributed by atoms with van der Waals surface area (Å²) >= 11 is 0. The van der Waals surface area contributed by atoms with Gasteiger partial charge in [-0.3, -0.25) is 24.0 Å². The molecule has 1 aliphatic carbocycles. The maximum absolute atomic E-state index is 12.7. The molecular formula is C32H40N2O7. The van der Waals surface area contributed by atoms with E-state index < -0.39 is 47.2 Å². The molecule has 0 fully saturated rings. The molecular weight excluding hydrogens is 524 g/mol. The molecule has 1 aliphatic rings. The quantitative estimate of drug-likeness (QED) is 0.374. The molecule has 0 saturated carbocycles. The van der Waals surface area contributed by atoms with Crippen LogP contribution in [0.3, 0.4) is 0 Å². The average Bonchev–Trinajstić information content (AvgIpc) is 3.23. The van der Waals surface area contributed by atoms with Gasteiger partial charge in [0.25, 0.3) is 0 Å². The zero-order chi connectivity index (χ0) is 30.3. The number of hydrogen-bond acceptors (Lipinski definition) is 7. The maximum Gasteiger partial charge on any atom is 0.325 e. The van der Waals surface area contributed by atoms with Crippen LogP contribution in [0.1, 0.15) is 71.4 Å². The van der Waals surface area contributed by atoms with Crippen LogP contribution < -0.4 is 10.6 Å². The first kappa shape index (κ1) is 31.5. The third-order valence-electron chi connectivity index (χ3n) is 6.92. The third kappa shape index (κ3) is 8.74. The van der Waals surface area contributed by atoms with Crippen molar-refractivity contribution in [3.8, 4) is 11.1 Å². The average molecular weight is 565 g/mol. The Balaban J connectivity index is 1.43. The van der Waals surface area contributed by atoms with Gasteiger partial charge in [0.05, 0.1) is 12.5 Å². The van der Waals surface area contributed by atoms with Crippen LogP contribution in [0.4, 0.5) is 0 Å². The van der Waals surface area contributed by atoms with Crippen molar-refractivity contribution in [2.75, 3.05) is 13.2 Å². The fourth-order valence-electron chi connectivity index (χ4n) is 4.74. The summed E-state index contributed by atoms with van der Waals surface area (Å²) in [7, 11) is 0. The minimum Gasteiger partial charge on any atom is -0.465 e. The molecule has 2 aromatic carbocycles. The Morgan fingerprint density at radius 3 is 1.88 bits per heavy atom. The maximum atomic E-state index is 12.7. The first-order valence-corrected chi connectivity index (χ1v) is 13.9. The van der Waals surface area contributed by atoms with Crippen molar-refractivity contribution in [2.45, 2.75) is 71.9 Å². The van der Waals surface area contributed by atoms with Crippen molar-refractivity contribution in [1.29, 1.82) is 0 Å². The van der Waals surface area contributed by atoms with Gasteiger partial charge in [-0.25, -0.2) is 0 Å². The molecule has 0 heterocycles.